The van der Waals surface area contributed by atoms with E-state index in [1.807, 2.05) is 55.8 Å². The average molecular weight is 557 g/mol. The van der Waals surface area contributed by atoms with Crippen molar-refractivity contribution in [3.8, 4) is 22.0 Å². The Hall–Kier alpha value is -3.24. The summed E-state index contributed by atoms with van der Waals surface area (Å²) >= 11 is 2.74. The van der Waals surface area contributed by atoms with Crippen LogP contribution in [-0.4, -0.2) is 19.7 Å². The van der Waals surface area contributed by atoms with E-state index < -0.39 is 17.6 Å². The molecular weight excluding hydrogens is 532 g/mol. The maximum absolute atomic E-state index is 13.6. The zero-order chi connectivity index (χ0) is 27.2. The van der Waals surface area contributed by atoms with Crippen molar-refractivity contribution in [1.29, 1.82) is 0 Å². The maximum atomic E-state index is 13.6. The molecule has 4 nitrogen and oxygen atoms in total. The quantitative estimate of drug-likeness (QED) is 0.155. The zero-order valence-corrected chi connectivity index (χ0v) is 22.7. The molecule has 0 saturated carbocycles. The molecule has 196 valence electrons. The first-order valence-corrected chi connectivity index (χ1v) is 13.8. The fourth-order valence-electron chi connectivity index (χ4n) is 4.33. The number of hydrogen-bond donors (Lipinski definition) is 0. The number of halogens is 4. The fraction of sp³-hybridized carbons (Fsp3) is 0.250. The molecule has 3 aromatic heterocycles. The molecule has 0 amide bonds. The Balaban J connectivity index is 1.62. The molecule has 2 aromatic carbocycles. The number of benzene rings is 2. The molecule has 3 heterocycles. The van der Waals surface area contributed by atoms with Gasteiger partial charge in [0.05, 0.1) is 21.7 Å². The lowest BCUT2D eigenvalue weighted by Gasteiger charge is -2.17. The third-order valence-electron chi connectivity index (χ3n) is 6.35. The lowest BCUT2D eigenvalue weighted by molar-refractivity contribution is -0.138. The van der Waals surface area contributed by atoms with Crippen molar-refractivity contribution in [2.75, 3.05) is 0 Å². The molecule has 10 heteroatoms. The number of nitrogens with zero attached hydrogens (tertiary/aromatic N) is 4. The molecule has 0 aliphatic rings. The zero-order valence-electron chi connectivity index (χ0n) is 21.1. The van der Waals surface area contributed by atoms with Gasteiger partial charge in [-0.2, -0.15) is 13.2 Å². The van der Waals surface area contributed by atoms with E-state index in [4.69, 9.17) is 4.98 Å². The van der Waals surface area contributed by atoms with Crippen LogP contribution < -0.4 is 0 Å². The van der Waals surface area contributed by atoms with Crippen molar-refractivity contribution >= 4 is 34.0 Å². The van der Waals surface area contributed by atoms with Gasteiger partial charge in [0, 0.05) is 22.7 Å². The SMILES string of the molecule is Cc1cc2nc(-c3cccs3)cc(-c3nnc(SCc4ccc(F)cc4C(F)(F)F)n3C(C)C)c2cc1C. The number of hydrogen-bond acceptors (Lipinski definition) is 5. The minimum atomic E-state index is -4.65. The van der Waals surface area contributed by atoms with Crippen molar-refractivity contribution in [3.05, 3.63) is 82.0 Å². The summed E-state index contributed by atoms with van der Waals surface area (Å²) in [4.78, 5) is 5.93. The Morgan fingerprint density at radius 2 is 1.76 bits per heavy atom. The largest absolute Gasteiger partial charge is 0.416 e. The lowest BCUT2D eigenvalue weighted by atomic mass is 10.0. The molecule has 0 aliphatic carbocycles. The predicted molar refractivity (Wildman–Crippen MR) is 145 cm³/mol. The van der Waals surface area contributed by atoms with Gasteiger partial charge in [-0.1, -0.05) is 23.9 Å². The summed E-state index contributed by atoms with van der Waals surface area (Å²) in [6, 6.07) is 12.8. The van der Waals surface area contributed by atoms with Gasteiger partial charge in [0.2, 0.25) is 0 Å². The van der Waals surface area contributed by atoms with E-state index in [1.165, 1.54) is 6.07 Å². The van der Waals surface area contributed by atoms with Crippen molar-refractivity contribution in [3.63, 3.8) is 0 Å². The lowest BCUT2D eigenvalue weighted by Crippen LogP contribution is -2.10. The van der Waals surface area contributed by atoms with E-state index >= 15 is 0 Å². The summed E-state index contributed by atoms with van der Waals surface area (Å²) in [6.45, 7) is 8.05. The van der Waals surface area contributed by atoms with Crippen LogP contribution in [0.3, 0.4) is 0 Å². The number of aryl methyl sites for hydroxylation is 2. The van der Waals surface area contributed by atoms with E-state index in [-0.39, 0.29) is 17.4 Å². The summed E-state index contributed by atoms with van der Waals surface area (Å²) in [6.07, 6.45) is -4.65. The van der Waals surface area contributed by atoms with Gasteiger partial charge in [-0.25, -0.2) is 9.37 Å². The molecule has 0 N–H and O–H groups in total. The smallest absolute Gasteiger partial charge is 0.299 e. The van der Waals surface area contributed by atoms with Gasteiger partial charge >= 0.3 is 6.18 Å². The standard InChI is InChI=1S/C28H24F4N4S2/c1-15(2)36-26(34-35-27(36)38-14-18-7-8-19(29)12-22(18)28(30,31)32)21-13-24(25-6-5-9-37-25)33-23-11-17(4)16(3)10-20(21)23/h5-13,15H,14H2,1-4H3. The molecule has 0 aliphatic heterocycles. The van der Waals surface area contributed by atoms with Crippen molar-refractivity contribution in [2.24, 2.45) is 0 Å². The maximum Gasteiger partial charge on any atom is 0.416 e. The van der Waals surface area contributed by atoms with Gasteiger partial charge in [0.15, 0.2) is 11.0 Å². The van der Waals surface area contributed by atoms with Crippen LogP contribution in [0.1, 0.15) is 42.1 Å². The molecule has 5 aromatic rings. The van der Waals surface area contributed by atoms with Crippen molar-refractivity contribution < 1.29 is 17.6 Å². The Bertz CT molecular complexity index is 1620. The average Bonchev–Trinajstić information content (AvgIpc) is 3.53. The van der Waals surface area contributed by atoms with Crippen LogP contribution in [0.5, 0.6) is 0 Å². The number of aromatic nitrogens is 4. The van der Waals surface area contributed by atoms with Crippen LogP contribution in [0.4, 0.5) is 17.6 Å². The Labute approximate surface area is 225 Å². The third kappa shape index (κ3) is 5.07. The van der Waals surface area contributed by atoms with Crippen LogP contribution in [0, 0.1) is 19.7 Å². The second kappa shape index (κ2) is 10.1. The number of rotatable bonds is 6. The van der Waals surface area contributed by atoms with Crippen LogP contribution in [-0.2, 0) is 11.9 Å². The summed E-state index contributed by atoms with van der Waals surface area (Å²) in [5, 5.41) is 12.3. The molecule has 0 spiro atoms. The summed E-state index contributed by atoms with van der Waals surface area (Å²) in [5.41, 5.74) is 3.76. The highest BCUT2D eigenvalue weighted by Crippen LogP contribution is 2.39. The van der Waals surface area contributed by atoms with E-state index in [9.17, 15) is 17.6 Å². The van der Waals surface area contributed by atoms with Gasteiger partial charge < -0.3 is 0 Å². The number of fused-ring (bicyclic) bond motifs is 1. The molecule has 38 heavy (non-hydrogen) atoms. The molecule has 0 unspecified atom stereocenters. The first kappa shape index (κ1) is 26.4. The van der Waals surface area contributed by atoms with Crippen LogP contribution in [0.25, 0.3) is 32.9 Å². The molecule has 0 saturated heterocycles. The minimum absolute atomic E-state index is 0.0100. The number of pyridine rings is 1. The van der Waals surface area contributed by atoms with E-state index in [0.29, 0.717) is 17.0 Å². The molecular formula is C28H24F4N4S2. The summed E-state index contributed by atoms with van der Waals surface area (Å²) in [7, 11) is 0. The van der Waals surface area contributed by atoms with Gasteiger partial charge in [0.1, 0.15) is 5.82 Å². The topological polar surface area (TPSA) is 43.6 Å². The normalized spacial score (nSPS) is 12.1. The number of alkyl halides is 3. The Morgan fingerprint density at radius 1 is 1.00 bits per heavy atom. The van der Waals surface area contributed by atoms with Gasteiger partial charge in [-0.15, -0.1) is 21.5 Å². The van der Waals surface area contributed by atoms with Gasteiger partial charge in [-0.3, -0.25) is 4.57 Å². The second-order valence-corrected chi connectivity index (χ2v) is 11.2. The minimum Gasteiger partial charge on any atom is -0.299 e. The molecule has 0 fully saturated rings. The van der Waals surface area contributed by atoms with E-state index in [0.717, 1.165) is 56.0 Å². The van der Waals surface area contributed by atoms with E-state index in [2.05, 4.69) is 22.3 Å². The van der Waals surface area contributed by atoms with Crippen LogP contribution >= 0.6 is 23.1 Å². The number of thioether (sulfide) groups is 1. The highest BCUT2D eigenvalue weighted by atomic mass is 32.2. The van der Waals surface area contributed by atoms with Crippen molar-refractivity contribution in [2.45, 2.75) is 50.8 Å². The highest BCUT2D eigenvalue weighted by molar-refractivity contribution is 7.98. The predicted octanol–water partition coefficient (Wildman–Crippen LogP) is 8.87. The molecule has 0 bridgehead atoms. The third-order valence-corrected chi connectivity index (χ3v) is 8.24. The first-order chi connectivity index (χ1) is 18.0. The van der Waals surface area contributed by atoms with E-state index in [1.54, 1.807) is 11.3 Å². The number of thiophene rings is 1. The molecule has 0 radical (unpaired) electrons. The fourth-order valence-corrected chi connectivity index (χ4v) is 6.08. The Kier molecular flexibility index (Phi) is 7.04. The molecule has 0 atom stereocenters. The monoisotopic (exact) mass is 556 g/mol. The van der Waals surface area contributed by atoms with Crippen LogP contribution in [0.2, 0.25) is 0 Å². The van der Waals surface area contributed by atoms with Crippen molar-refractivity contribution in [1.82, 2.24) is 19.7 Å². The van der Waals surface area contributed by atoms with Gasteiger partial charge in [0.25, 0.3) is 0 Å². The van der Waals surface area contributed by atoms with Gasteiger partial charge in [-0.05, 0) is 86.2 Å². The van der Waals surface area contributed by atoms with Crippen LogP contribution in [0.15, 0.2) is 59.1 Å². The Morgan fingerprint density at radius 3 is 2.45 bits per heavy atom. The summed E-state index contributed by atoms with van der Waals surface area (Å²) in [5.74, 6) is -0.336. The molecule has 5 rings (SSSR count). The summed E-state index contributed by atoms with van der Waals surface area (Å²) < 4.78 is 56.1. The first-order valence-electron chi connectivity index (χ1n) is 11.9. The second-order valence-electron chi connectivity index (χ2n) is 9.34. The highest BCUT2D eigenvalue weighted by Gasteiger charge is 2.34.